The van der Waals surface area contributed by atoms with Crippen LogP contribution in [0.2, 0.25) is 0 Å². The van der Waals surface area contributed by atoms with Crippen molar-refractivity contribution < 1.29 is 4.39 Å². The lowest BCUT2D eigenvalue weighted by atomic mass is 10.1. The highest BCUT2D eigenvalue weighted by molar-refractivity contribution is 9.10. The van der Waals surface area contributed by atoms with Gasteiger partial charge >= 0.3 is 0 Å². The van der Waals surface area contributed by atoms with Crippen LogP contribution in [0.25, 0.3) is 0 Å². The summed E-state index contributed by atoms with van der Waals surface area (Å²) in [5.41, 5.74) is 3.43. The SMILES string of the molecule is NNC(CSc1ccccc1Br)c1cncc(F)c1. The van der Waals surface area contributed by atoms with Crippen LogP contribution in [0.5, 0.6) is 0 Å². The van der Waals surface area contributed by atoms with Gasteiger partial charge in [0.25, 0.3) is 0 Å². The van der Waals surface area contributed by atoms with Crippen LogP contribution in [0.3, 0.4) is 0 Å². The molecule has 0 aliphatic carbocycles. The number of nitrogens with two attached hydrogens (primary N) is 1. The number of hydrogen-bond donors (Lipinski definition) is 2. The molecule has 3 nitrogen and oxygen atoms in total. The third-order valence-electron chi connectivity index (χ3n) is 2.57. The number of thioether (sulfide) groups is 1. The summed E-state index contributed by atoms with van der Waals surface area (Å²) in [5.74, 6) is 5.86. The van der Waals surface area contributed by atoms with Crippen molar-refractivity contribution in [1.82, 2.24) is 10.4 Å². The van der Waals surface area contributed by atoms with Gasteiger partial charge in [-0.1, -0.05) is 12.1 Å². The Morgan fingerprint density at radius 1 is 1.37 bits per heavy atom. The van der Waals surface area contributed by atoms with Crippen molar-refractivity contribution in [2.24, 2.45) is 5.84 Å². The topological polar surface area (TPSA) is 50.9 Å². The minimum Gasteiger partial charge on any atom is -0.271 e. The number of aromatic nitrogens is 1. The molecule has 0 spiro atoms. The predicted octanol–water partition coefficient (Wildman–Crippen LogP) is 3.28. The second-order valence-corrected chi connectivity index (χ2v) is 5.81. The van der Waals surface area contributed by atoms with E-state index >= 15 is 0 Å². The van der Waals surface area contributed by atoms with Crippen LogP contribution in [0.1, 0.15) is 11.6 Å². The molecule has 1 atom stereocenters. The molecule has 0 fully saturated rings. The van der Waals surface area contributed by atoms with Gasteiger partial charge in [-0.2, -0.15) is 0 Å². The molecule has 1 aromatic carbocycles. The molecule has 6 heteroatoms. The smallest absolute Gasteiger partial charge is 0.141 e. The molecule has 1 aromatic heterocycles. The molecular formula is C13H13BrFN3S. The van der Waals surface area contributed by atoms with Crippen LogP contribution in [0, 0.1) is 5.82 Å². The first-order chi connectivity index (χ1) is 9.20. The van der Waals surface area contributed by atoms with Crippen LogP contribution in [0.4, 0.5) is 4.39 Å². The Morgan fingerprint density at radius 3 is 2.84 bits per heavy atom. The maximum absolute atomic E-state index is 13.1. The van der Waals surface area contributed by atoms with Gasteiger partial charge in [-0.3, -0.25) is 16.3 Å². The first-order valence-electron chi connectivity index (χ1n) is 5.64. The molecule has 3 N–H and O–H groups in total. The standard InChI is InChI=1S/C13H13BrFN3S/c14-11-3-1-2-4-13(11)19-8-12(18-16)9-5-10(15)7-17-6-9/h1-7,12,18H,8,16H2. The fraction of sp³-hybridized carbons (Fsp3) is 0.154. The number of hydrogen-bond acceptors (Lipinski definition) is 4. The second-order valence-electron chi connectivity index (χ2n) is 3.90. The third kappa shape index (κ3) is 4.01. The van der Waals surface area contributed by atoms with E-state index in [9.17, 15) is 4.39 Å². The monoisotopic (exact) mass is 341 g/mol. The highest BCUT2D eigenvalue weighted by atomic mass is 79.9. The summed E-state index contributed by atoms with van der Waals surface area (Å²) in [5, 5.41) is 0. The Kier molecular flexibility index (Phi) is 5.33. The van der Waals surface area contributed by atoms with Crippen LogP contribution < -0.4 is 11.3 Å². The summed E-state index contributed by atoms with van der Waals surface area (Å²) >= 11 is 5.13. The Bertz CT molecular complexity index is 553. The Morgan fingerprint density at radius 2 is 2.16 bits per heavy atom. The van der Waals surface area contributed by atoms with Gasteiger partial charge in [0.1, 0.15) is 5.82 Å². The highest BCUT2D eigenvalue weighted by Gasteiger charge is 2.12. The molecule has 2 rings (SSSR count). The summed E-state index contributed by atoms with van der Waals surface area (Å²) in [6, 6.07) is 9.23. The minimum absolute atomic E-state index is 0.152. The van der Waals surface area contributed by atoms with Crippen molar-refractivity contribution in [3.05, 3.63) is 58.6 Å². The van der Waals surface area contributed by atoms with E-state index in [1.165, 1.54) is 12.3 Å². The molecule has 0 aliphatic heterocycles. The van der Waals surface area contributed by atoms with Gasteiger partial charge in [0.05, 0.1) is 12.2 Å². The van der Waals surface area contributed by atoms with Gasteiger partial charge in [-0.25, -0.2) is 4.39 Å². The number of nitrogens with one attached hydrogen (secondary N) is 1. The summed E-state index contributed by atoms with van der Waals surface area (Å²) < 4.78 is 14.2. The highest BCUT2D eigenvalue weighted by Crippen LogP contribution is 2.30. The van der Waals surface area contributed by atoms with Crippen molar-refractivity contribution in [1.29, 1.82) is 0 Å². The number of pyridine rings is 1. The summed E-state index contributed by atoms with van der Waals surface area (Å²) in [6.07, 6.45) is 2.80. The van der Waals surface area contributed by atoms with Gasteiger partial charge in [0.15, 0.2) is 0 Å². The zero-order chi connectivity index (χ0) is 13.7. The molecular weight excluding hydrogens is 329 g/mol. The fourth-order valence-corrected chi connectivity index (χ4v) is 3.24. The molecule has 0 amide bonds. The molecule has 0 saturated heterocycles. The normalized spacial score (nSPS) is 12.4. The fourth-order valence-electron chi connectivity index (χ4n) is 1.59. The molecule has 1 unspecified atom stereocenters. The predicted molar refractivity (Wildman–Crippen MR) is 79.1 cm³/mol. The average Bonchev–Trinajstić information content (AvgIpc) is 2.41. The molecule has 2 aromatic rings. The summed E-state index contributed by atoms with van der Waals surface area (Å²) in [6.45, 7) is 0. The molecule has 100 valence electrons. The van der Waals surface area contributed by atoms with Crippen molar-refractivity contribution in [3.8, 4) is 0 Å². The Balaban J connectivity index is 2.06. The zero-order valence-corrected chi connectivity index (χ0v) is 12.4. The van der Waals surface area contributed by atoms with Crippen molar-refractivity contribution in [2.45, 2.75) is 10.9 Å². The number of hydrazine groups is 1. The van der Waals surface area contributed by atoms with Crippen LogP contribution in [-0.4, -0.2) is 10.7 Å². The molecule has 19 heavy (non-hydrogen) atoms. The first-order valence-corrected chi connectivity index (χ1v) is 7.42. The molecule has 0 radical (unpaired) electrons. The first kappa shape index (κ1) is 14.5. The van der Waals surface area contributed by atoms with Crippen LogP contribution in [0.15, 0.2) is 52.1 Å². The van der Waals surface area contributed by atoms with Crippen LogP contribution in [-0.2, 0) is 0 Å². The average molecular weight is 342 g/mol. The van der Waals surface area contributed by atoms with Gasteiger partial charge in [0.2, 0.25) is 0 Å². The van der Waals surface area contributed by atoms with E-state index in [2.05, 4.69) is 26.3 Å². The van der Waals surface area contributed by atoms with Gasteiger partial charge in [-0.05, 0) is 39.7 Å². The Labute approximate surface area is 123 Å². The van der Waals surface area contributed by atoms with E-state index < -0.39 is 0 Å². The number of nitrogens with zero attached hydrogens (tertiary/aromatic N) is 1. The minimum atomic E-state index is -0.358. The number of benzene rings is 1. The maximum Gasteiger partial charge on any atom is 0.141 e. The van der Waals surface area contributed by atoms with Gasteiger partial charge < -0.3 is 0 Å². The molecule has 0 saturated carbocycles. The second kappa shape index (κ2) is 7.00. The molecule has 1 heterocycles. The van der Waals surface area contributed by atoms with E-state index in [-0.39, 0.29) is 11.9 Å². The molecule has 0 bridgehead atoms. The number of halogens is 2. The van der Waals surface area contributed by atoms with E-state index in [0.29, 0.717) is 5.75 Å². The quantitative estimate of drug-likeness (QED) is 0.497. The summed E-state index contributed by atoms with van der Waals surface area (Å²) in [7, 11) is 0. The van der Waals surface area contributed by atoms with E-state index in [0.717, 1.165) is 14.9 Å². The van der Waals surface area contributed by atoms with Crippen molar-refractivity contribution in [2.75, 3.05) is 5.75 Å². The largest absolute Gasteiger partial charge is 0.271 e. The van der Waals surface area contributed by atoms with E-state index in [1.54, 1.807) is 18.0 Å². The van der Waals surface area contributed by atoms with E-state index in [1.807, 2.05) is 24.3 Å². The van der Waals surface area contributed by atoms with Gasteiger partial charge in [0, 0.05) is 21.3 Å². The lowest BCUT2D eigenvalue weighted by Gasteiger charge is -2.16. The lowest BCUT2D eigenvalue weighted by Crippen LogP contribution is -2.29. The lowest BCUT2D eigenvalue weighted by molar-refractivity contribution is 0.585. The zero-order valence-electron chi connectivity index (χ0n) is 10.0. The van der Waals surface area contributed by atoms with E-state index in [4.69, 9.17) is 5.84 Å². The van der Waals surface area contributed by atoms with Crippen molar-refractivity contribution in [3.63, 3.8) is 0 Å². The Hall–Kier alpha value is -0.950. The summed E-state index contributed by atoms with van der Waals surface area (Å²) in [4.78, 5) is 4.95. The van der Waals surface area contributed by atoms with Crippen molar-refractivity contribution >= 4 is 27.7 Å². The number of rotatable bonds is 5. The van der Waals surface area contributed by atoms with Crippen LogP contribution >= 0.6 is 27.7 Å². The third-order valence-corrected chi connectivity index (χ3v) is 4.69. The van der Waals surface area contributed by atoms with Gasteiger partial charge in [-0.15, -0.1) is 11.8 Å². The maximum atomic E-state index is 13.1. The molecule has 0 aliphatic rings.